The van der Waals surface area contributed by atoms with Crippen LogP contribution in [0.3, 0.4) is 0 Å². The highest BCUT2D eigenvalue weighted by atomic mass is 15.3. The highest BCUT2D eigenvalue weighted by Crippen LogP contribution is 2.33. The van der Waals surface area contributed by atoms with E-state index in [9.17, 15) is 0 Å². The Hall–Kier alpha value is -2.07. The Bertz CT molecular complexity index is 751. The highest BCUT2D eigenvalue weighted by Gasteiger charge is 2.22. The molecule has 4 nitrogen and oxygen atoms in total. The summed E-state index contributed by atoms with van der Waals surface area (Å²) in [7, 11) is 1.98. The summed E-state index contributed by atoms with van der Waals surface area (Å²) in [4.78, 5) is 3.45. The Labute approximate surface area is 118 Å². The summed E-state index contributed by atoms with van der Waals surface area (Å²) in [5, 5.41) is 5.70. The third-order valence-corrected chi connectivity index (χ3v) is 3.92. The molecule has 2 heterocycles. The molecule has 0 fully saturated rings. The third kappa shape index (κ3) is 1.93. The van der Waals surface area contributed by atoms with Crippen LogP contribution in [0.15, 0.2) is 30.3 Å². The quantitative estimate of drug-likeness (QED) is 0.767. The first-order valence-corrected chi connectivity index (χ1v) is 6.89. The molecule has 1 atom stereocenters. The van der Waals surface area contributed by atoms with E-state index in [1.807, 2.05) is 24.7 Å². The van der Waals surface area contributed by atoms with E-state index in [0.717, 1.165) is 16.9 Å². The lowest BCUT2D eigenvalue weighted by atomic mass is 9.93. The van der Waals surface area contributed by atoms with E-state index in [2.05, 4.69) is 41.3 Å². The van der Waals surface area contributed by atoms with Gasteiger partial charge in [-0.05, 0) is 31.5 Å². The van der Waals surface area contributed by atoms with Crippen molar-refractivity contribution in [2.75, 3.05) is 6.54 Å². The molecule has 2 aromatic heterocycles. The number of hydrogen-bond acceptors (Lipinski definition) is 2. The predicted molar refractivity (Wildman–Crippen MR) is 81.9 cm³/mol. The lowest BCUT2D eigenvalue weighted by Gasteiger charge is -2.16. The van der Waals surface area contributed by atoms with Gasteiger partial charge in [-0.15, -0.1) is 0 Å². The Balaban J connectivity index is 2.21. The molecule has 3 N–H and O–H groups in total. The molecule has 4 heteroatoms. The minimum absolute atomic E-state index is 0.164. The van der Waals surface area contributed by atoms with Crippen molar-refractivity contribution >= 4 is 10.9 Å². The number of nitrogens with zero attached hydrogens (tertiary/aromatic N) is 2. The molecule has 0 amide bonds. The van der Waals surface area contributed by atoms with Crippen LogP contribution in [-0.4, -0.2) is 21.3 Å². The van der Waals surface area contributed by atoms with Gasteiger partial charge in [0, 0.05) is 41.8 Å². The van der Waals surface area contributed by atoms with Crippen LogP contribution in [0.4, 0.5) is 0 Å². The number of para-hydroxylation sites is 1. The molecule has 0 aliphatic rings. The summed E-state index contributed by atoms with van der Waals surface area (Å²) >= 11 is 0. The van der Waals surface area contributed by atoms with Crippen molar-refractivity contribution in [1.29, 1.82) is 0 Å². The Morgan fingerprint density at radius 2 is 2.05 bits per heavy atom. The average Bonchev–Trinajstić information content (AvgIpc) is 2.92. The number of aromatic nitrogens is 3. The van der Waals surface area contributed by atoms with Crippen LogP contribution in [-0.2, 0) is 7.05 Å². The topological polar surface area (TPSA) is 59.6 Å². The minimum Gasteiger partial charge on any atom is -0.358 e. The normalized spacial score (nSPS) is 13.0. The van der Waals surface area contributed by atoms with Gasteiger partial charge < -0.3 is 10.7 Å². The molecule has 0 spiro atoms. The van der Waals surface area contributed by atoms with Crippen LogP contribution in [0.5, 0.6) is 0 Å². The largest absolute Gasteiger partial charge is 0.358 e. The van der Waals surface area contributed by atoms with Gasteiger partial charge in [0.25, 0.3) is 0 Å². The maximum Gasteiger partial charge on any atom is 0.0596 e. The molecule has 1 aromatic carbocycles. The molecule has 3 rings (SSSR count). The van der Waals surface area contributed by atoms with E-state index < -0.39 is 0 Å². The van der Waals surface area contributed by atoms with Crippen molar-refractivity contribution in [3.05, 3.63) is 53.0 Å². The second-order valence-electron chi connectivity index (χ2n) is 5.33. The Morgan fingerprint density at radius 3 is 2.70 bits per heavy atom. The monoisotopic (exact) mass is 268 g/mol. The molecule has 0 aliphatic heterocycles. The third-order valence-electron chi connectivity index (χ3n) is 3.92. The Kier molecular flexibility index (Phi) is 3.10. The number of nitrogens with two attached hydrogens (primary N) is 1. The molecule has 0 saturated heterocycles. The summed E-state index contributed by atoms with van der Waals surface area (Å²) in [6.45, 7) is 4.70. The SMILES string of the molecule is Cc1cc(C(CN)c2c(C)[nH]c3ccccc23)n(C)n1. The number of nitrogens with one attached hydrogen (secondary N) is 1. The van der Waals surface area contributed by atoms with Gasteiger partial charge in [0.05, 0.1) is 5.69 Å². The Morgan fingerprint density at radius 1 is 1.30 bits per heavy atom. The molecule has 0 saturated carbocycles. The van der Waals surface area contributed by atoms with Gasteiger partial charge >= 0.3 is 0 Å². The molecular formula is C16H20N4. The molecule has 0 radical (unpaired) electrons. The average molecular weight is 268 g/mol. The fraction of sp³-hybridized carbons (Fsp3) is 0.312. The second-order valence-corrected chi connectivity index (χ2v) is 5.33. The number of H-pyrrole nitrogens is 1. The summed E-state index contributed by atoms with van der Waals surface area (Å²) in [6.07, 6.45) is 0. The molecule has 3 aromatic rings. The van der Waals surface area contributed by atoms with E-state index in [1.54, 1.807) is 0 Å². The van der Waals surface area contributed by atoms with Crippen LogP contribution in [0.1, 0.15) is 28.6 Å². The number of fused-ring (bicyclic) bond motifs is 1. The van der Waals surface area contributed by atoms with E-state index in [-0.39, 0.29) is 5.92 Å². The van der Waals surface area contributed by atoms with Crippen molar-refractivity contribution in [1.82, 2.24) is 14.8 Å². The van der Waals surface area contributed by atoms with Gasteiger partial charge in [0.2, 0.25) is 0 Å². The predicted octanol–water partition coefficient (Wildman–Crippen LogP) is 2.61. The molecule has 104 valence electrons. The maximum atomic E-state index is 6.08. The summed E-state index contributed by atoms with van der Waals surface area (Å²) in [5.74, 6) is 0.164. The van der Waals surface area contributed by atoms with Gasteiger partial charge in [-0.1, -0.05) is 18.2 Å². The van der Waals surface area contributed by atoms with Crippen molar-refractivity contribution in [2.24, 2.45) is 12.8 Å². The standard InChI is InChI=1S/C16H20N4/c1-10-8-15(20(3)19-10)13(9-17)16-11(2)18-14-7-5-4-6-12(14)16/h4-8,13,18H,9,17H2,1-3H3. The molecule has 0 bridgehead atoms. The van der Waals surface area contributed by atoms with E-state index in [4.69, 9.17) is 5.73 Å². The zero-order chi connectivity index (χ0) is 14.3. The van der Waals surface area contributed by atoms with Crippen LogP contribution < -0.4 is 5.73 Å². The highest BCUT2D eigenvalue weighted by molar-refractivity contribution is 5.85. The summed E-state index contributed by atoms with van der Waals surface area (Å²) in [6, 6.07) is 10.5. The number of hydrogen-bond donors (Lipinski definition) is 2. The van der Waals surface area contributed by atoms with Crippen molar-refractivity contribution in [3.63, 3.8) is 0 Å². The van der Waals surface area contributed by atoms with Crippen LogP contribution in [0.2, 0.25) is 0 Å². The van der Waals surface area contributed by atoms with Gasteiger partial charge in [0.1, 0.15) is 0 Å². The van der Waals surface area contributed by atoms with Gasteiger partial charge in [-0.3, -0.25) is 4.68 Å². The minimum atomic E-state index is 0.164. The first-order chi connectivity index (χ1) is 9.61. The molecular weight excluding hydrogens is 248 g/mol. The van der Waals surface area contributed by atoms with E-state index in [0.29, 0.717) is 6.54 Å². The lowest BCUT2D eigenvalue weighted by Crippen LogP contribution is -2.17. The first-order valence-electron chi connectivity index (χ1n) is 6.89. The smallest absolute Gasteiger partial charge is 0.0596 e. The zero-order valence-corrected chi connectivity index (χ0v) is 12.1. The van der Waals surface area contributed by atoms with Gasteiger partial charge in [-0.25, -0.2) is 0 Å². The number of benzene rings is 1. The summed E-state index contributed by atoms with van der Waals surface area (Å²) in [5.41, 5.74) is 11.9. The maximum absolute atomic E-state index is 6.08. The van der Waals surface area contributed by atoms with Crippen molar-refractivity contribution in [2.45, 2.75) is 19.8 Å². The first kappa shape index (κ1) is 12.9. The fourth-order valence-electron chi connectivity index (χ4n) is 3.09. The zero-order valence-electron chi connectivity index (χ0n) is 12.1. The lowest BCUT2D eigenvalue weighted by molar-refractivity contribution is 0.660. The van der Waals surface area contributed by atoms with E-state index >= 15 is 0 Å². The molecule has 1 unspecified atom stereocenters. The van der Waals surface area contributed by atoms with Crippen molar-refractivity contribution < 1.29 is 0 Å². The molecule has 20 heavy (non-hydrogen) atoms. The van der Waals surface area contributed by atoms with Gasteiger partial charge in [0.15, 0.2) is 0 Å². The second kappa shape index (κ2) is 4.80. The summed E-state index contributed by atoms with van der Waals surface area (Å²) < 4.78 is 1.94. The number of rotatable bonds is 3. The van der Waals surface area contributed by atoms with Crippen LogP contribution in [0.25, 0.3) is 10.9 Å². The van der Waals surface area contributed by atoms with Crippen LogP contribution >= 0.6 is 0 Å². The van der Waals surface area contributed by atoms with Gasteiger partial charge in [-0.2, -0.15) is 5.10 Å². The fourth-order valence-corrected chi connectivity index (χ4v) is 3.09. The van der Waals surface area contributed by atoms with E-state index in [1.165, 1.54) is 16.6 Å². The van der Waals surface area contributed by atoms with Crippen molar-refractivity contribution in [3.8, 4) is 0 Å². The molecule has 0 aliphatic carbocycles. The van der Waals surface area contributed by atoms with Crippen LogP contribution in [0, 0.1) is 13.8 Å². The number of aromatic amines is 1. The number of aryl methyl sites for hydroxylation is 3.